The van der Waals surface area contributed by atoms with E-state index < -0.39 is 0 Å². The van der Waals surface area contributed by atoms with Crippen molar-refractivity contribution in [1.29, 1.82) is 0 Å². The number of rotatable bonds is 3. The van der Waals surface area contributed by atoms with Crippen LogP contribution in [0, 0.1) is 11.6 Å². The van der Waals surface area contributed by atoms with Gasteiger partial charge in [-0.25, -0.2) is 13.8 Å². The largest absolute Gasteiger partial charge is 0.370 e. The summed E-state index contributed by atoms with van der Waals surface area (Å²) in [6.45, 7) is 3.06. The minimum Gasteiger partial charge on any atom is -0.370 e. The fourth-order valence-electron chi connectivity index (χ4n) is 2.64. The van der Waals surface area contributed by atoms with Gasteiger partial charge in [-0.2, -0.15) is 0 Å². The van der Waals surface area contributed by atoms with Crippen molar-refractivity contribution in [3.8, 4) is 0 Å². The standard InChI is InChI=1S/C17H19F2N5/c18-13-3-5-14(6-4-13)23-8-10-24(11-9-23)17(20)22-12-16-15(19)2-1-7-21-16/h1-7H,8-12H2,(H2,20,22). The first-order valence-electron chi connectivity index (χ1n) is 7.78. The molecule has 1 aromatic carbocycles. The normalized spacial score (nSPS) is 15.7. The molecule has 0 amide bonds. The Kier molecular flexibility index (Phi) is 4.88. The van der Waals surface area contributed by atoms with Crippen molar-refractivity contribution in [3.05, 3.63) is 59.9 Å². The number of hydrogen-bond acceptors (Lipinski definition) is 3. The molecule has 0 aliphatic carbocycles. The van der Waals surface area contributed by atoms with Gasteiger partial charge >= 0.3 is 0 Å². The van der Waals surface area contributed by atoms with Crippen LogP contribution < -0.4 is 10.6 Å². The third-order valence-electron chi connectivity index (χ3n) is 4.02. The van der Waals surface area contributed by atoms with Crippen molar-refractivity contribution in [2.24, 2.45) is 10.7 Å². The maximum Gasteiger partial charge on any atom is 0.191 e. The molecule has 24 heavy (non-hydrogen) atoms. The van der Waals surface area contributed by atoms with Crippen molar-refractivity contribution < 1.29 is 8.78 Å². The second-order valence-corrected chi connectivity index (χ2v) is 5.56. The van der Waals surface area contributed by atoms with Crippen LogP contribution in [-0.4, -0.2) is 42.0 Å². The molecule has 2 heterocycles. The zero-order valence-corrected chi connectivity index (χ0v) is 13.2. The molecule has 1 aliphatic rings. The number of hydrogen-bond donors (Lipinski definition) is 1. The minimum absolute atomic E-state index is 0.122. The van der Waals surface area contributed by atoms with E-state index in [1.54, 1.807) is 18.2 Å². The number of halogens is 2. The summed E-state index contributed by atoms with van der Waals surface area (Å²) < 4.78 is 26.5. The molecule has 0 radical (unpaired) electrons. The fourth-order valence-corrected chi connectivity index (χ4v) is 2.64. The van der Waals surface area contributed by atoms with Crippen molar-refractivity contribution in [3.63, 3.8) is 0 Å². The van der Waals surface area contributed by atoms with E-state index in [0.717, 1.165) is 18.8 Å². The lowest BCUT2D eigenvalue weighted by Gasteiger charge is -2.36. The van der Waals surface area contributed by atoms with Gasteiger partial charge in [-0.05, 0) is 36.4 Å². The van der Waals surface area contributed by atoms with Gasteiger partial charge in [-0.15, -0.1) is 0 Å². The van der Waals surface area contributed by atoms with E-state index in [1.807, 2.05) is 4.90 Å². The van der Waals surface area contributed by atoms with E-state index >= 15 is 0 Å². The van der Waals surface area contributed by atoms with Gasteiger partial charge in [0.25, 0.3) is 0 Å². The van der Waals surface area contributed by atoms with E-state index in [9.17, 15) is 8.78 Å². The monoisotopic (exact) mass is 331 g/mol. The summed E-state index contributed by atoms with van der Waals surface area (Å²) in [6.07, 6.45) is 1.53. The van der Waals surface area contributed by atoms with Gasteiger partial charge in [0, 0.05) is 38.1 Å². The number of benzene rings is 1. The van der Waals surface area contributed by atoms with Crippen LogP contribution in [0.5, 0.6) is 0 Å². The number of anilines is 1. The summed E-state index contributed by atoms with van der Waals surface area (Å²) in [5.74, 6) is -0.232. The molecule has 0 atom stereocenters. The van der Waals surface area contributed by atoms with Gasteiger partial charge in [0.1, 0.15) is 11.6 Å². The van der Waals surface area contributed by atoms with Crippen molar-refractivity contribution >= 4 is 11.6 Å². The van der Waals surface area contributed by atoms with E-state index in [2.05, 4.69) is 14.9 Å². The van der Waals surface area contributed by atoms with Gasteiger partial charge in [0.15, 0.2) is 5.96 Å². The second-order valence-electron chi connectivity index (χ2n) is 5.56. The van der Waals surface area contributed by atoms with Crippen LogP contribution in [0.3, 0.4) is 0 Å². The third-order valence-corrected chi connectivity index (χ3v) is 4.02. The van der Waals surface area contributed by atoms with Gasteiger partial charge in [-0.1, -0.05) is 0 Å². The Labute approximate surface area is 139 Å². The summed E-state index contributed by atoms with van der Waals surface area (Å²) >= 11 is 0. The van der Waals surface area contributed by atoms with E-state index in [4.69, 9.17) is 5.73 Å². The van der Waals surface area contributed by atoms with Gasteiger partial charge in [-0.3, -0.25) is 4.98 Å². The minimum atomic E-state index is -0.379. The van der Waals surface area contributed by atoms with Crippen LogP contribution in [0.1, 0.15) is 5.69 Å². The lowest BCUT2D eigenvalue weighted by atomic mass is 10.2. The molecule has 2 aromatic rings. The van der Waals surface area contributed by atoms with E-state index in [1.165, 1.54) is 24.4 Å². The SMILES string of the molecule is NC(=NCc1ncccc1F)N1CCN(c2ccc(F)cc2)CC1. The van der Waals surface area contributed by atoms with Gasteiger partial charge in [0.2, 0.25) is 0 Å². The van der Waals surface area contributed by atoms with Crippen LogP contribution in [0.25, 0.3) is 0 Å². The predicted octanol–water partition coefficient (Wildman–Crippen LogP) is 2.00. The Morgan fingerprint density at radius 3 is 2.46 bits per heavy atom. The highest BCUT2D eigenvalue weighted by atomic mass is 19.1. The van der Waals surface area contributed by atoms with E-state index in [0.29, 0.717) is 19.0 Å². The van der Waals surface area contributed by atoms with Crippen molar-refractivity contribution in [2.45, 2.75) is 6.54 Å². The maximum atomic E-state index is 13.5. The van der Waals surface area contributed by atoms with E-state index in [-0.39, 0.29) is 23.9 Å². The summed E-state index contributed by atoms with van der Waals surface area (Å²) in [4.78, 5) is 12.3. The molecular weight excluding hydrogens is 312 g/mol. The van der Waals surface area contributed by atoms with Crippen LogP contribution >= 0.6 is 0 Å². The highest BCUT2D eigenvalue weighted by molar-refractivity contribution is 5.78. The predicted molar refractivity (Wildman–Crippen MR) is 89.7 cm³/mol. The summed E-state index contributed by atoms with van der Waals surface area (Å²) in [7, 11) is 0. The molecule has 5 nitrogen and oxygen atoms in total. The first-order valence-corrected chi connectivity index (χ1v) is 7.78. The summed E-state index contributed by atoms with van der Waals surface area (Å²) in [6, 6.07) is 9.35. The van der Waals surface area contributed by atoms with Gasteiger partial charge in [0.05, 0.1) is 12.2 Å². The third kappa shape index (κ3) is 3.79. The zero-order chi connectivity index (χ0) is 16.9. The lowest BCUT2D eigenvalue weighted by Crippen LogP contribution is -2.51. The molecule has 7 heteroatoms. The summed E-state index contributed by atoms with van der Waals surface area (Å²) in [5, 5.41) is 0. The van der Waals surface area contributed by atoms with Crippen molar-refractivity contribution in [2.75, 3.05) is 31.1 Å². The number of pyridine rings is 1. The second kappa shape index (κ2) is 7.25. The average Bonchev–Trinajstić information content (AvgIpc) is 2.62. The zero-order valence-electron chi connectivity index (χ0n) is 13.2. The van der Waals surface area contributed by atoms with Crippen molar-refractivity contribution in [1.82, 2.24) is 9.88 Å². The molecule has 1 fully saturated rings. The molecule has 1 aromatic heterocycles. The number of aliphatic imine (C=N–C) groups is 1. The van der Waals surface area contributed by atoms with Crippen LogP contribution in [0.15, 0.2) is 47.6 Å². The molecule has 0 unspecified atom stereocenters. The van der Waals surface area contributed by atoms with Crippen LogP contribution in [0.2, 0.25) is 0 Å². The fraction of sp³-hybridized carbons (Fsp3) is 0.294. The molecule has 1 saturated heterocycles. The lowest BCUT2D eigenvalue weighted by molar-refractivity contribution is 0.380. The number of aromatic nitrogens is 1. The Morgan fingerprint density at radius 1 is 1.08 bits per heavy atom. The Balaban J connectivity index is 1.56. The Morgan fingerprint density at radius 2 is 1.79 bits per heavy atom. The highest BCUT2D eigenvalue weighted by Gasteiger charge is 2.18. The number of piperazine rings is 1. The molecule has 3 rings (SSSR count). The highest BCUT2D eigenvalue weighted by Crippen LogP contribution is 2.16. The molecule has 0 saturated carbocycles. The molecule has 126 valence electrons. The Bertz CT molecular complexity index is 709. The molecule has 1 aliphatic heterocycles. The topological polar surface area (TPSA) is 57.8 Å². The molecule has 2 N–H and O–H groups in total. The maximum absolute atomic E-state index is 13.5. The quantitative estimate of drug-likeness (QED) is 0.690. The number of nitrogens with two attached hydrogens (primary N) is 1. The molecule has 0 bridgehead atoms. The number of nitrogens with zero attached hydrogens (tertiary/aromatic N) is 4. The average molecular weight is 331 g/mol. The first-order chi connectivity index (χ1) is 11.6. The molecule has 0 spiro atoms. The Hall–Kier alpha value is -2.70. The molecular formula is C17H19F2N5. The summed E-state index contributed by atoms with van der Waals surface area (Å²) in [5.41, 5.74) is 7.28. The van der Waals surface area contributed by atoms with Crippen LogP contribution in [0.4, 0.5) is 14.5 Å². The van der Waals surface area contributed by atoms with Gasteiger partial charge < -0.3 is 15.5 Å². The number of guanidine groups is 1. The first kappa shape index (κ1) is 16.2. The van der Waals surface area contributed by atoms with Crippen LogP contribution in [-0.2, 0) is 6.54 Å². The smallest absolute Gasteiger partial charge is 0.191 e.